The zero-order chi connectivity index (χ0) is 27.3. The van der Waals surface area contributed by atoms with Crippen LogP contribution in [0.3, 0.4) is 0 Å². The van der Waals surface area contributed by atoms with Crippen LogP contribution in [0.4, 0.5) is 9.59 Å². The Morgan fingerprint density at radius 3 is 2.08 bits per heavy atom. The van der Waals surface area contributed by atoms with Crippen LogP contribution in [0.15, 0.2) is 6.20 Å². The first-order chi connectivity index (χ1) is 16.6. The number of piperazine rings is 1. The Balaban J connectivity index is 2.12. The Labute approximate surface area is 213 Å². The Morgan fingerprint density at radius 2 is 1.58 bits per heavy atom. The number of hydrogen-bond acceptors (Lipinski definition) is 8. The average molecular weight is 511 g/mol. The fourth-order valence-electron chi connectivity index (χ4n) is 3.71. The van der Waals surface area contributed by atoms with Gasteiger partial charge in [-0.1, -0.05) is 25.5 Å². The number of aromatic nitrogens is 3. The first kappa shape index (κ1) is 29.3. The summed E-state index contributed by atoms with van der Waals surface area (Å²) in [6.45, 7) is 15.7. The lowest BCUT2D eigenvalue weighted by molar-refractivity contribution is -0.138. The van der Waals surface area contributed by atoms with Gasteiger partial charge in [0.05, 0.1) is 12.8 Å². The molecule has 0 radical (unpaired) electrons. The molecule has 12 heteroatoms. The minimum absolute atomic E-state index is 0.0534. The van der Waals surface area contributed by atoms with Crippen molar-refractivity contribution >= 4 is 18.1 Å². The van der Waals surface area contributed by atoms with E-state index in [1.54, 1.807) is 36.8 Å². The van der Waals surface area contributed by atoms with Gasteiger partial charge < -0.3 is 29.7 Å². The Bertz CT molecular complexity index is 898. The van der Waals surface area contributed by atoms with Gasteiger partial charge in [0.15, 0.2) is 0 Å². The molecule has 12 nitrogen and oxygen atoms in total. The molecule has 1 aromatic heterocycles. The van der Waals surface area contributed by atoms with E-state index in [0.717, 1.165) is 6.42 Å². The number of carbonyl (C=O) groups excluding carboxylic acids is 3. The summed E-state index contributed by atoms with van der Waals surface area (Å²) in [5.41, 5.74) is -0.955. The molecule has 2 rings (SSSR count). The van der Waals surface area contributed by atoms with Crippen molar-refractivity contribution in [3.63, 3.8) is 0 Å². The molecule has 3 atom stereocenters. The lowest BCUT2D eigenvalue weighted by Crippen LogP contribution is -2.53. The molecule has 1 aromatic rings. The number of nitrogens with one attached hydrogen (secondary N) is 1. The second-order valence-corrected chi connectivity index (χ2v) is 11.1. The molecule has 0 aromatic carbocycles. The highest BCUT2D eigenvalue weighted by Crippen LogP contribution is 2.25. The summed E-state index contributed by atoms with van der Waals surface area (Å²) in [5, 5.41) is 20.7. The summed E-state index contributed by atoms with van der Waals surface area (Å²) in [4.78, 5) is 41.4. The van der Waals surface area contributed by atoms with Gasteiger partial charge in [0.2, 0.25) is 5.91 Å². The summed E-state index contributed by atoms with van der Waals surface area (Å²) in [6, 6.07) is -1.45. The molecule has 0 bridgehead atoms. The number of nitrogens with zero attached hydrogens (tertiary/aromatic N) is 5. The number of alkyl carbamates (subject to hydrolysis) is 1. The minimum atomic E-state index is -0.835. The first-order valence-electron chi connectivity index (χ1n) is 12.4. The second-order valence-electron chi connectivity index (χ2n) is 11.1. The van der Waals surface area contributed by atoms with E-state index in [-0.39, 0.29) is 17.9 Å². The highest BCUT2D eigenvalue weighted by molar-refractivity contribution is 5.81. The van der Waals surface area contributed by atoms with Crippen LogP contribution in [0.2, 0.25) is 0 Å². The molecule has 1 aliphatic heterocycles. The van der Waals surface area contributed by atoms with Crippen molar-refractivity contribution < 1.29 is 29.0 Å². The van der Waals surface area contributed by atoms with Crippen LogP contribution in [0.1, 0.15) is 79.6 Å². The van der Waals surface area contributed by atoms with Crippen LogP contribution in [0.25, 0.3) is 0 Å². The quantitative estimate of drug-likeness (QED) is 0.570. The monoisotopic (exact) mass is 510 g/mol. The predicted molar refractivity (Wildman–Crippen MR) is 132 cm³/mol. The van der Waals surface area contributed by atoms with E-state index in [4.69, 9.17) is 9.47 Å². The molecule has 2 heterocycles. The number of hydrogen-bond donors (Lipinski definition) is 2. The number of aliphatic hydroxyl groups is 1. The molecule has 3 amide bonds. The highest BCUT2D eigenvalue weighted by atomic mass is 16.6. The average Bonchev–Trinajstić information content (AvgIpc) is 3.24. The predicted octanol–water partition coefficient (Wildman–Crippen LogP) is 2.50. The standard InChI is InChI=1S/C24H42N6O6/c1-9-16(2)19(20(32)28-10-12-29(13-11-28)22(34)36-24(6,7)8)30-14-17(26-27-30)18(15-31)25-21(33)35-23(3,4)5/h14,16,18-19,31H,9-13,15H2,1-8H3,(H,25,33)/t16-,18-,19-/m0/s1. The highest BCUT2D eigenvalue weighted by Gasteiger charge is 2.35. The number of ether oxygens (including phenoxy) is 2. The van der Waals surface area contributed by atoms with E-state index in [0.29, 0.717) is 31.9 Å². The molecule has 204 valence electrons. The van der Waals surface area contributed by atoms with Crippen molar-refractivity contribution in [3.8, 4) is 0 Å². The zero-order valence-corrected chi connectivity index (χ0v) is 22.8. The fraction of sp³-hybridized carbons (Fsp3) is 0.792. The van der Waals surface area contributed by atoms with Gasteiger partial charge in [-0.15, -0.1) is 5.10 Å². The molecule has 0 spiro atoms. The molecule has 1 aliphatic rings. The van der Waals surface area contributed by atoms with Crippen LogP contribution in [-0.4, -0.2) is 92.0 Å². The van der Waals surface area contributed by atoms with Crippen LogP contribution < -0.4 is 5.32 Å². The Hall–Kier alpha value is -2.89. The largest absolute Gasteiger partial charge is 0.444 e. The third-order valence-corrected chi connectivity index (χ3v) is 5.72. The maximum Gasteiger partial charge on any atom is 0.410 e. The maximum atomic E-state index is 13.6. The van der Waals surface area contributed by atoms with E-state index in [1.165, 1.54) is 4.68 Å². The van der Waals surface area contributed by atoms with Crippen LogP contribution in [0, 0.1) is 5.92 Å². The molecule has 36 heavy (non-hydrogen) atoms. The second kappa shape index (κ2) is 11.9. The van der Waals surface area contributed by atoms with E-state index in [9.17, 15) is 19.5 Å². The molecular formula is C24H42N6O6. The van der Waals surface area contributed by atoms with Crippen LogP contribution >= 0.6 is 0 Å². The Kier molecular flexibility index (Phi) is 9.70. The number of carbonyl (C=O) groups is 3. The molecule has 0 aliphatic carbocycles. The van der Waals surface area contributed by atoms with Crippen molar-refractivity contribution in [1.29, 1.82) is 0 Å². The molecular weight excluding hydrogens is 468 g/mol. The van der Waals surface area contributed by atoms with E-state index in [2.05, 4.69) is 15.6 Å². The summed E-state index contributed by atoms with van der Waals surface area (Å²) < 4.78 is 12.2. The third-order valence-electron chi connectivity index (χ3n) is 5.72. The summed E-state index contributed by atoms with van der Waals surface area (Å²) in [7, 11) is 0. The maximum absolute atomic E-state index is 13.6. The third kappa shape index (κ3) is 8.35. The molecule has 2 N–H and O–H groups in total. The number of aliphatic hydroxyl groups excluding tert-OH is 1. The number of amides is 3. The van der Waals surface area contributed by atoms with Gasteiger partial charge in [0.1, 0.15) is 29.0 Å². The molecule has 0 saturated carbocycles. The Morgan fingerprint density at radius 1 is 1.03 bits per heavy atom. The van der Waals surface area contributed by atoms with Crippen LogP contribution in [-0.2, 0) is 14.3 Å². The first-order valence-corrected chi connectivity index (χ1v) is 12.4. The summed E-state index contributed by atoms with van der Waals surface area (Å²) >= 11 is 0. The van der Waals surface area contributed by atoms with Gasteiger partial charge in [-0.2, -0.15) is 0 Å². The molecule has 1 saturated heterocycles. The van der Waals surface area contributed by atoms with E-state index < -0.39 is 36.0 Å². The van der Waals surface area contributed by atoms with Gasteiger partial charge in [-0.25, -0.2) is 14.3 Å². The van der Waals surface area contributed by atoms with Crippen molar-refractivity contribution in [3.05, 3.63) is 11.9 Å². The van der Waals surface area contributed by atoms with Gasteiger partial charge in [-0.05, 0) is 47.5 Å². The van der Waals surface area contributed by atoms with Gasteiger partial charge in [0, 0.05) is 26.2 Å². The van der Waals surface area contributed by atoms with E-state index in [1.807, 2.05) is 34.6 Å². The lowest BCUT2D eigenvalue weighted by atomic mass is 9.97. The van der Waals surface area contributed by atoms with Crippen LogP contribution in [0.5, 0.6) is 0 Å². The van der Waals surface area contributed by atoms with Crippen molar-refractivity contribution in [1.82, 2.24) is 30.1 Å². The van der Waals surface area contributed by atoms with Crippen molar-refractivity contribution in [2.24, 2.45) is 5.92 Å². The smallest absolute Gasteiger partial charge is 0.410 e. The summed E-state index contributed by atoms with van der Waals surface area (Å²) in [6.07, 6.45) is 1.22. The van der Waals surface area contributed by atoms with Gasteiger partial charge in [0.25, 0.3) is 0 Å². The molecule has 0 unspecified atom stereocenters. The molecule has 1 fully saturated rings. The fourth-order valence-corrected chi connectivity index (χ4v) is 3.71. The van der Waals surface area contributed by atoms with Crippen molar-refractivity contribution in [2.75, 3.05) is 32.8 Å². The SMILES string of the molecule is CC[C@H](C)[C@@H](C(=O)N1CCN(C(=O)OC(C)(C)C)CC1)n1cc([C@H](CO)NC(=O)OC(C)(C)C)nn1. The number of rotatable bonds is 7. The zero-order valence-electron chi connectivity index (χ0n) is 22.8. The minimum Gasteiger partial charge on any atom is -0.444 e. The topological polar surface area (TPSA) is 139 Å². The van der Waals surface area contributed by atoms with Gasteiger partial charge in [-0.3, -0.25) is 4.79 Å². The normalized spacial score (nSPS) is 17.2. The summed E-state index contributed by atoms with van der Waals surface area (Å²) in [5.74, 6) is -0.174. The lowest BCUT2D eigenvalue weighted by Gasteiger charge is -2.37. The van der Waals surface area contributed by atoms with Crippen molar-refractivity contribution in [2.45, 2.75) is 85.1 Å². The van der Waals surface area contributed by atoms with E-state index >= 15 is 0 Å². The van der Waals surface area contributed by atoms with Gasteiger partial charge >= 0.3 is 12.2 Å².